The summed E-state index contributed by atoms with van der Waals surface area (Å²) in [5.74, 6) is -0.170. The number of amides is 9. The van der Waals surface area contributed by atoms with Crippen LogP contribution < -0.4 is 16.0 Å². The molecule has 1 unspecified atom stereocenters. The lowest BCUT2D eigenvalue weighted by molar-refractivity contribution is -0.155. The lowest BCUT2D eigenvalue weighted by Crippen LogP contribution is -2.66. The number of thiophene rings is 1. The SMILES string of the molecule is CC(C)(C)[C@H](NC(=O)c1cc2cc(C(F)(F)P(=O)(O)O)ccc2s1)C(=O)N1CCN(C(=O)CC(=O)NCC#Cc2ccc3c(c2)C(=O)N(C2CCC(=O)NC2=O)C3=O)C[C@H]1C(=O)N1CCC[C@H](c2ccccc2)C1. The molecule has 8 rings (SSSR count). The summed E-state index contributed by atoms with van der Waals surface area (Å²) in [7, 11) is -5.87. The van der Waals surface area contributed by atoms with E-state index in [0.29, 0.717) is 29.8 Å². The van der Waals surface area contributed by atoms with Gasteiger partial charge in [0.25, 0.3) is 17.7 Å². The number of carbonyl (C=O) groups excluding carboxylic acids is 9. The molecule has 4 aromatic rings. The largest absolute Gasteiger partial charge is 0.399 e. The summed E-state index contributed by atoms with van der Waals surface area (Å²) in [5.41, 5.74) is -4.92. The minimum Gasteiger partial charge on any atom is -0.345 e. The molecule has 19 nitrogen and oxygen atoms in total. The van der Waals surface area contributed by atoms with Crippen LogP contribution in [0.2, 0.25) is 0 Å². The fraction of sp³-hybridized carbons (Fsp3) is 0.392. The van der Waals surface area contributed by atoms with Crippen LogP contribution in [-0.4, -0.2) is 140 Å². The number of hydrogen-bond donors (Lipinski definition) is 5. The van der Waals surface area contributed by atoms with Gasteiger partial charge in [0.2, 0.25) is 35.4 Å². The highest BCUT2D eigenvalue weighted by Gasteiger charge is 2.51. The van der Waals surface area contributed by atoms with E-state index in [9.17, 15) is 66.3 Å². The molecule has 9 amide bonds. The van der Waals surface area contributed by atoms with Crippen LogP contribution in [0.3, 0.4) is 0 Å². The first-order chi connectivity index (χ1) is 34.9. The summed E-state index contributed by atoms with van der Waals surface area (Å²) in [5, 5.41) is 7.60. The van der Waals surface area contributed by atoms with Crippen molar-refractivity contribution in [1.82, 2.24) is 35.6 Å². The third-order valence-corrected chi connectivity index (χ3v) is 15.6. The molecule has 1 aromatic heterocycles. The van der Waals surface area contributed by atoms with Crippen molar-refractivity contribution in [3.05, 3.63) is 105 Å². The van der Waals surface area contributed by atoms with Gasteiger partial charge in [0, 0.05) is 54.3 Å². The summed E-state index contributed by atoms with van der Waals surface area (Å²) in [4.78, 5) is 145. The molecule has 4 atom stereocenters. The maximum atomic E-state index is 14.9. The first-order valence-corrected chi connectivity index (χ1v) is 26.2. The molecule has 0 bridgehead atoms. The van der Waals surface area contributed by atoms with E-state index in [4.69, 9.17) is 0 Å². The highest BCUT2D eigenvalue weighted by Crippen LogP contribution is 2.59. The van der Waals surface area contributed by atoms with Gasteiger partial charge in [-0.2, -0.15) is 8.78 Å². The van der Waals surface area contributed by atoms with Gasteiger partial charge in [0.05, 0.1) is 29.1 Å². The Bertz CT molecular complexity index is 3110. The van der Waals surface area contributed by atoms with Crippen LogP contribution in [0.5, 0.6) is 0 Å². The van der Waals surface area contributed by atoms with Crippen molar-refractivity contribution in [2.45, 2.75) is 82.6 Å². The fourth-order valence-electron chi connectivity index (χ4n) is 9.55. The second-order valence-electron chi connectivity index (χ2n) is 19.6. The van der Waals surface area contributed by atoms with E-state index in [-0.39, 0.29) is 66.3 Å². The molecule has 3 fully saturated rings. The quantitative estimate of drug-likeness (QED) is 0.0624. The number of likely N-dealkylation sites (tertiary alicyclic amines) is 1. The fourth-order valence-corrected chi connectivity index (χ4v) is 11.0. The number of piperazine rings is 1. The molecule has 388 valence electrons. The maximum absolute atomic E-state index is 14.9. The van der Waals surface area contributed by atoms with E-state index in [1.807, 2.05) is 30.3 Å². The highest BCUT2D eigenvalue weighted by molar-refractivity contribution is 7.52. The van der Waals surface area contributed by atoms with Gasteiger partial charge < -0.3 is 35.1 Å². The van der Waals surface area contributed by atoms with Gasteiger partial charge in [0.15, 0.2) is 0 Å². The zero-order chi connectivity index (χ0) is 53.4. The topological polar surface area (TPSA) is 260 Å². The number of carbonyl (C=O) groups is 9. The zero-order valence-corrected chi connectivity index (χ0v) is 42.1. The first-order valence-electron chi connectivity index (χ1n) is 23.7. The van der Waals surface area contributed by atoms with Crippen LogP contribution >= 0.6 is 18.9 Å². The summed E-state index contributed by atoms with van der Waals surface area (Å²) in [6.45, 7) is 5.14. The number of halogens is 2. The van der Waals surface area contributed by atoms with Crippen LogP contribution in [0.4, 0.5) is 8.78 Å². The first kappa shape index (κ1) is 53.1. The molecule has 4 aliphatic rings. The van der Waals surface area contributed by atoms with Gasteiger partial charge >= 0.3 is 13.3 Å². The Morgan fingerprint density at radius 2 is 1.61 bits per heavy atom. The smallest absolute Gasteiger partial charge is 0.345 e. The van der Waals surface area contributed by atoms with Gasteiger partial charge in [-0.3, -0.25) is 57.9 Å². The van der Waals surface area contributed by atoms with Crippen molar-refractivity contribution >= 4 is 82.2 Å². The molecule has 23 heteroatoms. The molecule has 3 saturated heterocycles. The Hall–Kier alpha value is -7.18. The van der Waals surface area contributed by atoms with E-state index >= 15 is 0 Å². The second-order valence-corrected chi connectivity index (χ2v) is 22.3. The summed E-state index contributed by atoms with van der Waals surface area (Å²) in [6.07, 6.45) is 0.821. The Morgan fingerprint density at radius 3 is 2.31 bits per heavy atom. The molecule has 0 saturated carbocycles. The summed E-state index contributed by atoms with van der Waals surface area (Å²) in [6, 6.07) is 14.6. The van der Waals surface area contributed by atoms with E-state index < -0.39 is 102 Å². The molecular formula is C51H52F2N7O12PS. The molecule has 0 aliphatic carbocycles. The molecule has 0 spiro atoms. The second kappa shape index (κ2) is 21.0. The van der Waals surface area contributed by atoms with Gasteiger partial charge in [-0.25, -0.2) is 0 Å². The minimum atomic E-state index is -5.87. The number of nitrogens with zero attached hydrogens (tertiary/aromatic N) is 4. The van der Waals surface area contributed by atoms with Crippen molar-refractivity contribution < 1.29 is 66.3 Å². The van der Waals surface area contributed by atoms with E-state index in [1.165, 1.54) is 40.1 Å². The summed E-state index contributed by atoms with van der Waals surface area (Å²) >= 11 is 0.915. The lowest BCUT2D eigenvalue weighted by Gasteiger charge is -2.45. The van der Waals surface area contributed by atoms with Crippen LogP contribution in [0.15, 0.2) is 72.8 Å². The number of fused-ring (bicyclic) bond motifs is 2. The van der Waals surface area contributed by atoms with Crippen LogP contribution in [0.1, 0.15) is 106 Å². The van der Waals surface area contributed by atoms with Crippen molar-refractivity contribution in [1.29, 1.82) is 0 Å². The average Bonchev–Trinajstić information content (AvgIpc) is 3.90. The number of piperidine rings is 2. The number of benzene rings is 3. The number of hydrogen-bond acceptors (Lipinski definition) is 11. The van der Waals surface area contributed by atoms with Crippen molar-refractivity contribution in [3.8, 4) is 11.8 Å². The number of nitrogens with one attached hydrogen (secondary N) is 3. The average molecular weight is 1060 g/mol. The zero-order valence-electron chi connectivity index (χ0n) is 40.4. The van der Waals surface area contributed by atoms with E-state index in [2.05, 4.69) is 27.8 Å². The third kappa shape index (κ3) is 11.0. The predicted molar refractivity (Wildman–Crippen MR) is 263 cm³/mol. The van der Waals surface area contributed by atoms with Crippen molar-refractivity contribution in [3.63, 3.8) is 0 Å². The van der Waals surface area contributed by atoms with Crippen LogP contribution in [0, 0.1) is 17.3 Å². The molecule has 0 radical (unpaired) electrons. The Morgan fingerprint density at radius 1 is 0.878 bits per heavy atom. The third-order valence-electron chi connectivity index (χ3n) is 13.5. The lowest BCUT2D eigenvalue weighted by atomic mass is 9.85. The van der Waals surface area contributed by atoms with Gasteiger partial charge in [-0.15, -0.1) is 11.3 Å². The minimum absolute atomic E-state index is 0.000873. The number of rotatable bonds is 11. The molecular weight excluding hydrogens is 1000 g/mol. The maximum Gasteiger partial charge on any atom is 0.399 e. The van der Waals surface area contributed by atoms with Crippen molar-refractivity contribution in [2.24, 2.45) is 5.41 Å². The molecule has 5 heterocycles. The Kier molecular flexibility index (Phi) is 15.1. The predicted octanol–water partition coefficient (Wildman–Crippen LogP) is 3.68. The van der Waals surface area contributed by atoms with E-state index in [0.717, 1.165) is 40.4 Å². The molecule has 4 aliphatic heterocycles. The number of imide groups is 2. The Labute approximate surface area is 427 Å². The van der Waals surface area contributed by atoms with Gasteiger partial charge in [-0.05, 0) is 72.0 Å². The van der Waals surface area contributed by atoms with Crippen LogP contribution in [-0.2, 0) is 39.0 Å². The standard InChI is InChI=1S/C51H52F2N7O12PS/c1-50(2,3)43(56-45(65)39-25-32-24-33(14-17-38(32)74-39)51(52,53)73(70,71)72)49(69)59-22-21-57(28-37(59)48(68)58-20-8-12-31(27-58)30-10-5-4-6-11-30)42(63)26-41(62)54-19-7-9-29-13-15-34-35(23-29)47(67)60(46(34)66)36-16-18-40(61)55-44(36)64/h4-6,10-11,13-15,17,23-25,31,36-37,43H,8,12,16,18-22,26-28H2,1-3H3,(H,54,62)(H,56,65)(H,55,61,64)(H2,70,71,72)/t31-,36?,37-,43+/m0/s1. The van der Waals surface area contributed by atoms with E-state index in [1.54, 1.807) is 25.7 Å². The molecule has 5 N–H and O–H groups in total. The van der Waals surface area contributed by atoms with Gasteiger partial charge in [-0.1, -0.05) is 69.0 Å². The Balaban J connectivity index is 0.950. The monoisotopic (exact) mass is 1060 g/mol. The normalized spacial score (nSPS) is 19.9. The highest BCUT2D eigenvalue weighted by atomic mass is 32.1. The van der Waals surface area contributed by atoms with Crippen LogP contribution in [0.25, 0.3) is 10.1 Å². The summed E-state index contributed by atoms with van der Waals surface area (Å²) < 4.78 is 41.1. The molecule has 3 aromatic carbocycles. The van der Waals surface area contributed by atoms with Gasteiger partial charge in [0.1, 0.15) is 24.5 Å². The van der Waals surface area contributed by atoms with Crippen molar-refractivity contribution in [2.75, 3.05) is 39.3 Å². The molecule has 74 heavy (non-hydrogen) atoms. The number of alkyl halides is 2.